The second-order valence-corrected chi connectivity index (χ2v) is 32.6. The number of nitrogens with two attached hydrogens (primary N) is 2. The zero-order chi connectivity index (χ0) is 71.1. The van der Waals surface area contributed by atoms with Gasteiger partial charge in [0.25, 0.3) is 0 Å². The quantitative estimate of drug-likeness (QED) is 0.0173. The summed E-state index contributed by atoms with van der Waals surface area (Å²) in [6.45, 7) is 31.7. The highest BCUT2D eigenvalue weighted by molar-refractivity contribution is 7.47. The maximum absolute atomic E-state index is 12.9. The molecular weight excluding hydrogens is 1210 g/mol. The molecule has 0 heterocycles. The molecule has 0 spiro atoms. The van der Waals surface area contributed by atoms with Gasteiger partial charge in [-0.05, 0) is 105 Å². The van der Waals surface area contributed by atoms with Gasteiger partial charge >= 0.3 is 19.8 Å². The number of hydrogen-bond donors (Lipinski definition) is 3. The van der Waals surface area contributed by atoms with Crippen molar-refractivity contribution in [3.05, 3.63) is 24.3 Å². The molecule has 0 aliphatic heterocycles. The van der Waals surface area contributed by atoms with Gasteiger partial charge in [-0.1, -0.05) is 300 Å². The Morgan fingerprint density at radius 1 is 0.421 bits per heavy atom. The third kappa shape index (κ3) is 70.6. The van der Waals surface area contributed by atoms with Crippen LogP contribution in [-0.4, -0.2) is 113 Å². The molecule has 0 saturated heterocycles. The summed E-state index contributed by atoms with van der Waals surface area (Å²) in [6.07, 6.45) is 58.0. The molecule has 0 aromatic heterocycles. The molecular formula is C81H163N3O10P+. The summed E-state index contributed by atoms with van der Waals surface area (Å²) in [5.74, 6) is 3.95. The van der Waals surface area contributed by atoms with Gasteiger partial charge in [0.05, 0.1) is 40.5 Å². The van der Waals surface area contributed by atoms with E-state index in [9.17, 15) is 19.0 Å². The first-order valence-electron chi connectivity index (χ1n) is 40.2. The molecule has 9 atom stereocenters. The first-order chi connectivity index (χ1) is 45.5. The van der Waals surface area contributed by atoms with E-state index in [4.69, 9.17) is 39.5 Å². The van der Waals surface area contributed by atoms with Crippen molar-refractivity contribution in [2.45, 2.75) is 359 Å². The SMILES string of the molecule is CC(C)CCCC(C)CCCC(C)CCCC(C)CC(=O)OC[C@H](COP(=O)(O)OCCN)OC(=O)CC(C)CCCC(C)CCCC(C)CCCC(C)C.CCCC/C=C\CCCCCCCCOCC(C[N+](C)(C)CCCN)OCCCCCCCC/C=C\CCCC. The Bertz CT molecular complexity index is 1780. The van der Waals surface area contributed by atoms with Crippen LogP contribution in [0.15, 0.2) is 24.3 Å². The van der Waals surface area contributed by atoms with E-state index in [1.54, 1.807) is 0 Å². The van der Waals surface area contributed by atoms with Crippen LogP contribution >= 0.6 is 7.82 Å². The second kappa shape index (κ2) is 66.9. The van der Waals surface area contributed by atoms with E-state index >= 15 is 0 Å². The zero-order valence-electron chi connectivity index (χ0n) is 65.3. The van der Waals surface area contributed by atoms with Crippen molar-refractivity contribution >= 4 is 19.8 Å². The lowest BCUT2D eigenvalue weighted by atomic mass is 9.91. The van der Waals surface area contributed by atoms with E-state index in [1.165, 1.54) is 199 Å². The molecule has 5 N–H and O–H groups in total. The number of esters is 2. The van der Waals surface area contributed by atoms with Gasteiger partial charge < -0.3 is 39.8 Å². The molecule has 566 valence electrons. The third-order valence-corrected chi connectivity index (χ3v) is 19.9. The van der Waals surface area contributed by atoms with E-state index in [-0.39, 0.29) is 56.5 Å². The average Bonchev–Trinajstić information content (AvgIpc) is 2.47. The first-order valence-corrected chi connectivity index (χ1v) is 41.6. The highest BCUT2D eigenvalue weighted by Crippen LogP contribution is 2.43. The third-order valence-electron chi connectivity index (χ3n) is 18.9. The van der Waals surface area contributed by atoms with Crippen LogP contribution in [0.2, 0.25) is 0 Å². The zero-order valence-corrected chi connectivity index (χ0v) is 66.2. The van der Waals surface area contributed by atoms with Crippen molar-refractivity contribution in [1.82, 2.24) is 0 Å². The number of hydrogen-bond acceptors (Lipinski definition) is 11. The fourth-order valence-electron chi connectivity index (χ4n) is 12.5. The topological polar surface area (TPSA) is 179 Å². The lowest BCUT2D eigenvalue weighted by Gasteiger charge is -2.33. The minimum atomic E-state index is -4.40. The van der Waals surface area contributed by atoms with Gasteiger partial charge in [0.2, 0.25) is 0 Å². The van der Waals surface area contributed by atoms with Crippen LogP contribution in [0.4, 0.5) is 0 Å². The molecule has 0 aliphatic rings. The Balaban J connectivity index is 0. The van der Waals surface area contributed by atoms with Gasteiger partial charge in [0, 0.05) is 39.0 Å². The normalized spacial score (nSPS) is 15.4. The van der Waals surface area contributed by atoms with Crippen LogP contribution in [0.3, 0.4) is 0 Å². The van der Waals surface area contributed by atoms with Crippen molar-refractivity contribution in [3.63, 3.8) is 0 Å². The number of ether oxygens (including phenoxy) is 4. The summed E-state index contributed by atoms with van der Waals surface area (Å²) >= 11 is 0. The Morgan fingerprint density at radius 2 is 0.811 bits per heavy atom. The number of carbonyl (C=O) groups excluding carboxylic acids is 2. The summed E-state index contributed by atoms with van der Waals surface area (Å²) in [5.41, 5.74) is 11.2. The average molecular weight is 1370 g/mol. The maximum Gasteiger partial charge on any atom is 0.472 e. The summed E-state index contributed by atoms with van der Waals surface area (Å²) in [6, 6.07) is 0. The van der Waals surface area contributed by atoms with Gasteiger partial charge in [-0.2, -0.15) is 0 Å². The summed E-state index contributed by atoms with van der Waals surface area (Å²) in [4.78, 5) is 35.7. The van der Waals surface area contributed by atoms with Gasteiger partial charge in [-0.3, -0.25) is 18.6 Å². The van der Waals surface area contributed by atoms with Crippen molar-refractivity contribution in [2.75, 3.05) is 79.9 Å². The minimum absolute atomic E-state index is 0.0490. The number of likely N-dealkylation sites (N-methyl/N-ethyl adjacent to an activating group) is 1. The number of nitrogens with zero attached hydrogens (tertiary/aromatic N) is 1. The van der Waals surface area contributed by atoms with Gasteiger partial charge in [0.15, 0.2) is 6.10 Å². The Morgan fingerprint density at radius 3 is 1.23 bits per heavy atom. The maximum atomic E-state index is 12.9. The summed E-state index contributed by atoms with van der Waals surface area (Å²) < 4.78 is 46.8. The Hall–Kier alpha value is -1.67. The van der Waals surface area contributed by atoms with Crippen LogP contribution in [0.1, 0.15) is 346 Å². The monoisotopic (exact) mass is 1370 g/mol. The van der Waals surface area contributed by atoms with E-state index in [0.717, 1.165) is 119 Å². The fourth-order valence-corrected chi connectivity index (χ4v) is 13.2. The van der Waals surface area contributed by atoms with Crippen molar-refractivity contribution in [2.24, 2.45) is 58.8 Å². The highest BCUT2D eigenvalue weighted by Gasteiger charge is 2.27. The number of phosphoric acid groups is 1. The molecule has 0 radical (unpaired) electrons. The van der Waals surface area contributed by atoms with Gasteiger partial charge in [-0.15, -0.1) is 0 Å². The Kier molecular flexibility index (Phi) is 67.1. The predicted molar refractivity (Wildman–Crippen MR) is 407 cm³/mol. The molecule has 14 heteroatoms. The molecule has 0 aliphatic carbocycles. The Labute approximate surface area is 590 Å². The number of rotatable bonds is 69. The molecule has 0 bridgehead atoms. The molecule has 0 rings (SSSR count). The number of phosphoric ester groups is 1. The predicted octanol–water partition coefficient (Wildman–Crippen LogP) is 22.2. The molecule has 13 nitrogen and oxygen atoms in total. The highest BCUT2D eigenvalue weighted by atomic mass is 31.2. The standard InChI is InChI=1S/C45H90NO8P.C36H73N2O2/c1-35(2)17-11-19-37(5)21-13-23-39(7)25-15-27-41(9)31-44(47)51-33-43(34-53-55(49,50)52-30-29-46)54-45(48)32-42(10)28-16-26-40(8)24-14-22-38(6)20-12-18-36(3)4;1-5-7-9-11-13-15-17-19-21-23-25-27-32-39-35-36(34-38(3,4)31-29-30-37)40-33-28-26-24-22-20-18-16-14-12-10-8-6-2/h35-43H,11-34,46H2,1-10H3,(H,49,50);11-14,36H,5-10,15-35,37H2,1-4H3/q;+1/b;13-11-,14-12-/t37?,38?,39?,40?,41?,42?,43-;/m1./s1. The fraction of sp³-hybridized carbons (Fsp3) is 0.926. The lowest BCUT2D eigenvalue weighted by molar-refractivity contribution is -0.893. The molecule has 0 saturated carbocycles. The van der Waals surface area contributed by atoms with Crippen LogP contribution in [0, 0.1) is 47.3 Å². The first kappa shape index (κ1) is 95.4. The van der Waals surface area contributed by atoms with E-state index in [2.05, 4.69) is 115 Å². The van der Waals surface area contributed by atoms with E-state index < -0.39 is 26.5 Å². The van der Waals surface area contributed by atoms with E-state index in [1.807, 2.05) is 6.92 Å². The molecule has 0 fully saturated rings. The molecule has 0 aromatic rings. The van der Waals surface area contributed by atoms with E-state index in [0.29, 0.717) is 11.8 Å². The molecule has 8 unspecified atom stereocenters. The number of allylic oxidation sites excluding steroid dienone is 4. The van der Waals surface area contributed by atoms with Crippen LogP contribution < -0.4 is 11.5 Å². The molecule has 0 aromatic carbocycles. The molecule has 95 heavy (non-hydrogen) atoms. The minimum Gasteiger partial charge on any atom is -0.462 e. The van der Waals surface area contributed by atoms with Crippen LogP contribution in [0.5, 0.6) is 0 Å². The largest absolute Gasteiger partial charge is 0.472 e. The number of carbonyl (C=O) groups is 2. The second-order valence-electron chi connectivity index (χ2n) is 31.2. The smallest absolute Gasteiger partial charge is 0.462 e. The van der Waals surface area contributed by atoms with Gasteiger partial charge in [-0.25, -0.2) is 4.57 Å². The lowest BCUT2D eigenvalue weighted by Crippen LogP contribution is -2.48. The van der Waals surface area contributed by atoms with Crippen molar-refractivity contribution in [3.8, 4) is 0 Å². The van der Waals surface area contributed by atoms with Crippen LogP contribution in [-0.2, 0) is 42.1 Å². The van der Waals surface area contributed by atoms with Crippen molar-refractivity contribution < 1.29 is 51.5 Å². The number of quaternary nitrogens is 1. The van der Waals surface area contributed by atoms with Gasteiger partial charge in [0.1, 0.15) is 19.3 Å². The number of unbranched alkanes of at least 4 members (excludes halogenated alkanes) is 16. The van der Waals surface area contributed by atoms with Crippen molar-refractivity contribution in [1.29, 1.82) is 0 Å². The summed E-state index contributed by atoms with van der Waals surface area (Å²) in [7, 11) is 0.191. The molecule has 0 amide bonds. The van der Waals surface area contributed by atoms with Crippen LogP contribution in [0.25, 0.3) is 0 Å². The summed E-state index contributed by atoms with van der Waals surface area (Å²) in [5, 5.41) is 0.